The number of amides is 2. The number of nitro benzene ring substituents is 1. The molecule has 58 heavy (non-hydrogen) atoms. The fraction of sp³-hybridized carbons (Fsp3) is 0.186. The van der Waals surface area contributed by atoms with E-state index >= 15 is 0 Å². The van der Waals surface area contributed by atoms with Crippen molar-refractivity contribution in [2.45, 2.75) is 32.1 Å². The molecule has 0 spiro atoms. The first kappa shape index (κ1) is 38.7. The van der Waals surface area contributed by atoms with Crippen molar-refractivity contribution in [3.8, 4) is 45.0 Å². The third-order valence-corrected chi connectivity index (χ3v) is 9.48. The van der Waals surface area contributed by atoms with Crippen LogP contribution in [0.4, 0.5) is 22.7 Å². The molecule has 15 heteroatoms. The Balaban J connectivity index is 0.887. The van der Waals surface area contributed by atoms with Crippen LogP contribution in [-0.2, 0) is 16.0 Å². The number of carbonyl (C=O) groups is 2. The second-order valence-electron chi connectivity index (χ2n) is 13.3. The van der Waals surface area contributed by atoms with Gasteiger partial charge in [-0.2, -0.15) is 0 Å². The maximum atomic E-state index is 13.3. The highest BCUT2D eigenvalue weighted by molar-refractivity contribution is 5.95. The number of aromatic nitrogens is 3. The summed E-state index contributed by atoms with van der Waals surface area (Å²) >= 11 is 0. The maximum Gasteiger partial charge on any atom is 0.300 e. The highest BCUT2D eigenvalue weighted by atomic mass is 16.6. The van der Waals surface area contributed by atoms with Gasteiger partial charge >= 0.3 is 5.69 Å². The second-order valence-corrected chi connectivity index (χ2v) is 13.3. The summed E-state index contributed by atoms with van der Waals surface area (Å²) in [5.41, 5.74) is 7.05. The number of rotatable bonds is 17. The summed E-state index contributed by atoms with van der Waals surface area (Å²) < 4.78 is 21.1. The average Bonchev–Trinajstić information content (AvgIpc) is 3.91. The Hall–Kier alpha value is -7.55. The van der Waals surface area contributed by atoms with Gasteiger partial charge in [0.05, 0.1) is 36.8 Å². The minimum Gasteiger partial charge on any atom is -0.497 e. The SMILES string of the molecule is COc1ccc(-c2noc(CC(=O)Nc3ccc(-c4ccc(NC(=O)CCCCCNc5ccc([N+](=O)[O-])c6nonc56)cc4)cc3)c2-c2ccc(OC)cc2)cc1. The molecule has 0 atom stereocenters. The van der Waals surface area contributed by atoms with Gasteiger partial charge in [-0.1, -0.05) is 48.0 Å². The van der Waals surface area contributed by atoms with Gasteiger partial charge in [0.1, 0.15) is 17.2 Å². The molecule has 0 radical (unpaired) electrons. The van der Waals surface area contributed by atoms with Gasteiger partial charge in [-0.3, -0.25) is 19.7 Å². The molecule has 0 bridgehead atoms. The van der Waals surface area contributed by atoms with E-state index in [2.05, 4.69) is 31.4 Å². The van der Waals surface area contributed by atoms with Crippen LogP contribution in [0.15, 0.2) is 118 Å². The number of ether oxygens (including phenoxy) is 2. The monoisotopic (exact) mass is 781 g/mol. The quantitative estimate of drug-likeness (QED) is 0.0451. The fourth-order valence-electron chi connectivity index (χ4n) is 6.47. The summed E-state index contributed by atoms with van der Waals surface area (Å²) in [5, 5.41) is 32.1. The molecule has 0 fully saturated rings. The van der Waals surface area contributed by atoms with E-state index < -0.39 is 4.92 Å². The van der Waals surface area contributed by atoms with E-state index in [0.717, 1.165) is 40.7 Å². The Kier molecular flexibility index (Phi) is 12.0. The Morgan fingerprint density at radius 1 is 0.655 bits per heavy atom. The van der Waals surface area contributed by atoms with Gasteiger partial charge in [-0.15, -0.1) is 0 Å². The first-order valence-electron chi connectivity index (χ1n) is 18.5. The molecule has 0 unspecified atom stereocenters. The van der Waals surface area contributed by atoms with E-state index in [1.165, 1.54) is 6.07 Å². The predicted molar refractivity (Wildman–Crippen MR) is 219 cm³/mol. The number of nitrogens with one attached hydrogen (secondary N) is 3. The van der Waals surface area contributed by atoms with Crippen molar-refractivity contribution in [1.29, 1.82) is 0 Å². The summed E-state index contributed by atoms with van der Waals surface area (Å²) in [5.74, 6) is 1.52. The van der Waals surface area contributed by atoms with Crippen molar-refractivity contribution in [3.63, 3.8) is 0 Å². The largest absolute Gasteiger partial charge is 0.497 e. The van der Waals surface area contributed by atoms with Crippen LogP contribution < -0.4 is 25.4 Å². The lowest BCUT2D eigenvalue weighted by atomic mass is 9.97. The van der Waals surface area contributed by atoms with E-state index in [1.54, 1.807) is 20.3 Å². The topological polar surface area (TPSA) is 197 Å². The molecule has 5 aromatic carbocycles. The number of methoxy groups -OCH3 is 2. The Morgan fingerprint density at radius 3 is 1.83 bits per heavy atom. The molecule has 7 aromatic rings. The fourth-order valence-corrected chi connectivity index (χ4v) is 6.47. The Morgan fingerprint density at radius 2 is 1.22 bits per heavy atom. The van der Waals surface area contributed by atoms with Crippen LogP contribution in [0.1, 0.15) is 31.4 Å². The van der Waals surface area contributed by atoms with Crippen LogP contribution in [0.2, 0.25) is 0 Å². The van der Waals surface area contributed by atoms with Crippen LogP contribution in [0.25, 0.3) is 44.5 Å². The number of benzene rings is 5. The smallest absolute Gasteiger partial charge is 0.300 e. The van der Waals surface area contributed by atoms with Gasteiger partial charge in [-0.25, -0.2) is 4.63 Å². The normalized spacial score (nSPS) is 10.9. The number of fused-ring (bicyclic) bond motifs is 1. The van der Waals surface area contributed by atoms with Crippen LogP contribution in [0, 0.1) is 10.1 Å². The van der Waals surface area contributed by atoms with Crippen molar-refractivity contribution < 1.29 is 33.1 Å². The van der Waals surface area contributed by atoms with Crippen LogP contribution in [-0.4, -0.2) is 53.0 Å². The van der Waals surface area contributed by atoms with E-state index in [4.69, 9.17) is 18.6 Å². The van der Waals surface area contributed by atoms with E-state index in [-0.39, 0.29) is 29.4 Å². The van der Waals surface area contributed by atoms with Gasteiger partial charge < -0.3 is 29.9 Å². The number of non-ortho nitro benzene ring substituents is 1. The lowest BCUT2D eigenvalue weighted by Crippen LogP contribution is -2.14. The molecule has 294 valence electrons. The molecular formula is C43H39N7O8. The molecule has 3 N–H and O–H groups in total. The van der Waals surface area contributed by atoms with Gasteiger partial charge in [0.25, 0.3) is 0 Å². The van der Waals surface area contributed by atoms with Crippen LogP contribution in [0.5, 0.6) is 11.5 Å². The molecule has 2 heterocycles. The highest BCUT2D eigenvalue weighted by Gasteiger charge is 2.22. The summed E-state index contributed by atoms with van der Waals surface area (Å²) in [4.78, 5) is 36.6. The lowest BCUT2D eigenvalue weighted by Gasteiger charge is -2.09. The second kappa shape index (κ2) is 17.9. The third-order valence-electron chi connectivity index (χ3n) is 9.48. The number of hydrogen-bond acceptors (Lipinski definition) is 12. The molecule has 2 aromatic heterocycles. The zero-order chi connectivity index (χ0) is 40.4. The predicted octanol–water partition coefficient (Wildman–Crippen LogP) is 8.93. The average molecular weight is 782 g/mol. The van der Waals surface area contributed by atoms with Crippen molar-refractivity contribution in [2.24, 2.45) is 0 Å². The molecule has 2 amide bonds. The minimum atomic E-state index is -0.526. The Labute approximate surface area is 332 Å². The number of nitrogens with zero attached hydrogens (tertiary/aromatic N) is 4. The summed E-state index contributed by atoms with van der Waals surface area (Å²) in [6.07, 6.45) is 2.62. The highest BCUT2D eigenvalue weighted by Crippen LogP contribution is 2.37. The molecule has 0 aliphatic rings. The van der Waals surface area contributed by atoms with Crippen molar-refractivity contribution in [3.05, 3.63) is 125 Å². The molecule has 0 aliphatic carbocycles. The summed E-state index contributed by atoms with van der Waals surface area (Å²) in [6.45, 7) is 0.595. The number of hydrogen-bond donors (Lipinski definition) is 3. The van der Waals surface area contributed by atoms with E-state index in [0.29, 0.717) is 64.9 Å². The Bertz CT molecular complexity index is 2510. The first-order valence-corrected chi connectivity index (χ1v) is 18.5. The molecule has 7 rings (SSSR count). The zero-order valence-electron chi connectivity index (χ0n) is 31.7. The van der Waals surface area contributed by atoms with Crippen LogP contribution >= 0.6 is 0 Å². The van der Waals surface area contributed by atoms with Crippen LogP contribution in [0.3, 0.4) is 0 Å². The molecule has 0 saturated carbocycles. The molecule has 15 nitrogen and oxygen atoms in total. The summed E-state index contributed by atoms with van der Waals surface area (Å²) in [7, 11) is 3.22. The molecule has 0 aliphatic heterocycles. The van der Waals surface area contributed by atoms with Gasteiger partial charge in [0, 0.05) is 36.0 Å². The number of nitro groups is 1. The zero-order valence-corrected chi connectivity index (χ0v) is 31.7. The standard InChI is InChI=1S/C43H39N7O8/c1-55-33-19-11-29(12-20-33)40-37(57-47-41(40)30-13-21-34(56-2)22-14-30)26-39(52)46-32-17-9-28(10-18-32)27-7-15-31(16-8-27)45-38(51)6-4-3-5-25-44-35-23-24-36(50(53)54)43-42(35)48-58-49-43/h7-24,44H,3-6,25-26H2,1-2H3,(H,45,51)(H,46,52). The first-order chi connectivity index (χ1) is 28.3. The van der Waals surface area contributed by atoms with Gasteiger partial charge in [0.15, 0.2) is 11.3 Å². The van der Waals surface area contributed by atoms with E-state index in [1.807, 2.05) is 97.1 Å². The number of carbonyl (C=O) groups excluding carboxylic acids is 2. The van der Waals surface area contributed by atoms with E-state index in [9.17, 15) is 19.7 Å². The molecular weight excluding hydrogens is 743 g/mol. The summed E-state index contributed by atoms with van der Waals surface area (Å²) in [6, 6.07) is 33.0. The van der Waals surface area contributed by atoms with Crippen molar-refractivity contribution in [2.75, 3.05) is 36.7 Å². The minimum absolute atomic E-state index is 0.0351. The number of anilines is 3. The van der Waals surface area contributed by atoms with Gasteiger partial charge in [-0.05, 0) is 107 Å². The van der Waals surface area contributed by atoms with Crippen molar-refractivity contribution in [1.82, 2.24) is 15.5 Å². The van der Waals surface area contributed by atoms with Crippen molar-refractivity contribution >= 4 is 45.6 Å². The van der Waals surface area contributed by atoms with Gasteiger partial charge in [0.2, 0.25) is 17.3 Å². The maximum absolute atomic E-state index is 13.3. The lowest BCUT2D eigenvalue weighted by molar-refractivity contribution is -0.383. The molecule has 0 saturated heterocycles. The third kappa shape index (κ3) is 9.11. The number of unbranched alkanes of at least 4 members (excludes halogenated alkanes) is 2.